The van der Waals surface area contributed by atoms with Crippen LogP contribution in [0.25, 0.3) is 0 Å². The molecule has 2 unspecified atom stereocenters. The van der Waals surface area contributed by atoms with Gasteiger partial charge in [0.1, 0.15) is 5.78 Å². The number of hydrogen-bond donors (Lipinski definition) is 1. The number of aliphatic hydroxyl groups is 1. The summed E-state index contributed by atoms with van der Waals surface area (Å²) in [6, 6.07) is 0. The highest BCUT2D eigenvalue weighted by atomic mass is 16.3. The fourth-order valence-corrected chi connectivity index (χ4v) is 2.49. The Kier molecular flexibility index (Phi) is 4.69. The average molecular weight is 241 g/mol. The third kappa shape index (κ3) is 3.28. The first-order valence-electron chi connectivity index (χ1n) is 6.25. The molecule has 1 amide bonds. The lowest BCUT2D eigenvalue weighted by Crippen LogP contribution is -2.36. The highest BCUT2D eigenvalue weighted by Crippen LogP contribution is 2.34. The van der Waals surface area contributed by atoms with E-state index in [-0.39, 0.29) is 29.4 Å². The molecule has 4 atom stereocenters. The molecule has 0 aliphatic heterocycles. The molecule has 1 saturated carbocycles. The molecule has 0 bridgehead atoms. The van der Waals surface area contributed by atoms with E-state index in [0.29, 0.717) is 12.8 Å². The quantitative estimate of drug-likeness (QED) is 0.801. The molecule has 0 spiro atoms. The number of Topliss-reactive ketones (excluding diaryl/α,β-unsaturated/α-hetero) is 1. The van der Waals surface area contributed by atoms with Crippen LogP contribution < -0.4 is 0 Å². The zero-order valence-electron chi connectivity index (χ0n) is 11.1. The summed E-state index contributed by atoms with van der Waals surface area (Å²) in [6.07, 6.45) is 1.03. The van der Waals surface area contributed by atoms with Gasteiger partial charge in [-0.1, -0.05) is 13.8 Å². The Balaban J connectivity index is 2.60. The van der Waals surface area contributed by atoms with Gasteiger partial charge in [-0.2, -0.15) is 0 Å². The van der Waals surface area contributed by atoms with Gasteiger partial charge in [0.25, 0.3) is 0 Å². The van der Waals surface area contributed by atoms with E-state index in [1.807, 2.05) is 13.8 Å². The second kappa shape index (κ2) is 5.63. The number of ketones is 1. The van der Waals surface area contributed by atoms with Gasteiger partial charge in [0, 0.05) is 32.9 Å². The molecule has 1 rings (SSSR count). The molecule has 0 saturated heterocycles. The van der Waals surface area contributed by atoms with Crippen LogP contribution in [0.2, 0.25) is 0 Å². The molecular weight excluding hydrogens is 218 g/mol. The largest absolute Gasteiger partial charge is 0.392 e. The number of carbonyl (C=O) groups excluding carboxylic acids is 2. The molecule has 1 aliphatic carbocycles. The van der Waals surface area contributed by atoms with Crippen molar-refractivity contribution in [1.29, 1.82) is 0 Å². The zero-order chi connectivity index (χ0) is 13.2. The van der Waals surface area contributed by atoms with E-state index in [9.17, 15) is 14.7 Å². The molecule has 1 N–H and O–H groups in total. The third-order valence-electron chi connectivity index (χ3n) is 3.78. The summed E-state index contributed by atoms with van der Waals surface area (Å²) >= 11 is 0. The minimum Gasteiger partial charge on any atom is -0.392 e. The summed E-state index contributed by atoms with van der Waals surface area (Å²) in [6.45, 7) is 3.84. The van der Waals surface area contributed by atoms with E-state index in [1.54, 1.807) is 14.1 Å². The Bertz CT molecular complexity index is 301. The summed E-state index contributed by atoms with van der Waals surface area (Å²) in [5.41, 5.74) is 0. The van der Waals surface area contributed by atoms with Gasteiger partial charge < -0.3 is 10.0 Å². The van der Waals surface area contributed by atoms with E-state index >= 15 is 0 Å². The van der Waals surface area contributed by atoms with Gasteiger partial charge in [0.15, 0.2) is 0 Å². The topological polar surface area (TPSA) is 57.6 Å². The zero-order valence-corrected chi connectivity index (χ0v) is 11.1. The molecule has 17 heavy (non-hydrogen) atoms. The van der Waals surface area contributed by atoms with Gasteiger partial charge in [0.2, 0.25) is 5.91 Å². The molecule has 0 aromatic rings. The predicted octanol–water partition coefficient (Wildman–Crippen LogP) is 1.08. The van der Waals surface area contributed by atoms with E-state index in [0.717, 1.165) is 6.42 Å². The fourth-order valence-electron chi connectivity index (χ4n) is 2.49. The minimum absolute atomic E-state index is 0.00495. The number of rotatable bonds is 4. The molecular formula is C13H23NO3. The highest BCUT2D eigenvalue weighted by molar-refractivity contribution is 5.84. The van der Waals surface area contributed by atoms with Crippen molar-refractivity contribution in [3.8, 4) is 0 Å². The minimum atomic E-state index is -0.691. The van der Waals surface area contributed by atoms with Crippen LogP contribution in [0.5, 0.6) is 0 Å². The van der Waals surface area contributed by atoms with E-state index in [1.165, 1.54) is 4.90 Å². The first kappa shape index (κ1) is 14.2. The van der Waals surface area contributed by atoms with Crippen LogP contribution in [-0.2, 0) is 9.59 Å². The summed E-state index contributed by atoms with van der Waals surface area (Å²) in [5, 5.41) is 10.2. The molecule has 4 nitrogen and oxygen atoms in total. The average Bonchev–Trinajstić information content (AvgIpc) is 2.57. The molecule has 0 radical (unpaired) electrons. The Morgan fingerprint density at radius 3 is 2.53 bits per heavy atom. The van der Waals surface area contributed by atoms with Gasteiger partial charge in [-0.05, 0) is 18.3 Å². The predicted molar refractivity (Wildman–Crippen MR) is 65.4 cm³/mol. The molecule has 1 aliphatic rings. The van der Waals surface area contributed by atoms with E-state index < -0.39 is 6.10 Å². The number of carbonyl (C=O) groups is 2. The van der Waals surface area contributed by atoms with Gasteiger partial charge in [-0.3, -0.25) is 9.59 Å². The van der Waals surface area contributed by atoms with Crippen molar-refractivity contribution < 1.29 is 14.7 Å². The Morgan fingerprint density at radius 2 is 2.12 bits per heavy atom. The maximum atomic E-state index is 11.7. The van der Waals surface area contributed by atoms with Gasteiger partial charge in [-0.15, -0.1) is 0 Å². The summed E-state index contributed by atoms with van der Waals surface area (Å²) < 4.78 is 0. The lowest BCUT2D eigenvalue weighted by Gasteiger charge is -2.26. The lowest BCUT2D eigenvalue weighted by molar-refractivity contribution is -0.133. The molecule has 98 valence electrons. The fraction of sp³-hybridized carbons (Fsp3) is 0.846. The van der Waals surface area contributed by atoms with E-state index in [4.69, 9.17) is 0 Å². The first-order chi connectivity index (χ1) is 7.84. The molecule has 0 heterocycles. The van der Waals surface area contributed by atoms with Crippen LogP contribution >= 0.6 is 0 Å². The van der Waals surface area contributed by atoms with Crippen LogP contribution in [0.15, 0.2) is 0 Å². The van der Waals surface area contributed by atoms with Crippen LogP contribution in [0.1, 0.15) is 33.1 Å². The Labute approximate surface area is 103 Å². The normalized spacial score (nSPS) is 27.9. The number of aliphatic hydroxyl groups excluding tert-OH is 1. The van der Waals surface area contributed by atoms with Crippen LogP contribution in [0.3, 0.4) is 0 Å². The first-order valence-corrected chi connectivity index (χ1v) is 6.25. The molecule has 4 heteroatoms. The second-order valence-electron chi connectivity index (χ2n) is 5.47. The van der Waals surface area contributed by atoms with Crippen molar-refractivity contribution >= 4 is 11.7 Å². The highest BCUT2D eigenvalue weighted by Gasteiger charge is 2.39. The van der Waals surface area contributed by atoms with Crippen LogP contribution in [-0.4, -0.2) is 41.9 Å². The van der Waals surface area contributed by atoms with Gasteiger partial charge in [0.05, 0.1) is 6.10 Å². The molecule has 0 aromatic heterocycles. The number of nitrogens with zero attached hydrogens (tertiary/aromatic N) is 1. The summed E-state index contributed by atoms with van der Waals surface area (Å²) in [5.74, 6) is -0.0717. The van der Waals surface area contributed by atoms with Gasteiger partial charge >= 0.3 is 0 Å². The lowest BCUT2D eigenvalue weighted by atomic mass is 9.83. The van der Waals surface area contributed by atoms with Crippen molar-refractivity contribution in [2.75, 3.05) is 14.1 Å². The molecule has 0 aromatic carbocycles. The summed E-state index contributed by atoms with van der Waals surface area (Å²) in [4.78, 5) is 24.8. The second-order valence-corrected chi connectivity index (χ2v) is 5.47. The number of hydrogen-bond acceptors (Lipinski definition) is 3. The van der Waals surface area contributed by atoms with Crippen molar-refractivity contribution in [3.63, 3.8) is 0 Å². The third-order valence-corrected chi connectivity index (χ3v) is 3.78. The van der Waals surface area contributed by atoms with Gasteiger partial charge in [-0.25, -0.2) is 0 Å². The van der Waals surface area contributed by atoms with Crippen molar-refractivity contribution in [2.45, 2.75) is 39.2 Å². The Hall–Kier alpha value is -0.900. The Morgan fingerprint density at radius 1 is 1.53 bits per heavy atom. The molecule has 1 fully saturated rings. The van der Waals surface area contributed by atoms with Crippen LogP contribution in [0.4, 0.5) is 0 Å². The van der Waals surface area contributed by atoms with E-state index in [2.05, 4.69) is 0 Å². The van der Waals surface area contributed by atoms with Crippen molar-refractivity contribution in [1.82, 2.24) is 4.90 Å². The van der Waals surface area contributed by atoms with Crippen molar-refractivity contribution in [2.24, 2.45) is 17.8 Å². The maximum Gasteiger partial charge on any atom is 0.222 e. The standard InChI is InChI=1S/C13H23NO3/c1-8-5-6-10(15)12(8)13(17)9(2)7-11(16)14(3)4/h8-9,12-13,17H,5-7H2,1-4H3/t8?,9-,12-,13?/m1/s1. The number of amides is 1. The summed E-state index contributed by atoms with van der Waals surface area (Å²) in [7, 11) is 3.40. The SMILES string of the molecule is CC1CCC(=O)[C@@H]1C(O)[C@H](C)CC(=O)N(C)C. The maximum absolute atomic E-state index is 11.7. The monoisotopic (exact) mass is 241 g/mol. The smallest absolute Gasteiger partial charge is 0.222 e. The van der Waals surface area contributed by atoms with Crippen LogP contribution in [0, 0.1) is 17.8 Å². The van der Waals surface area contributed by atoms with Crippen molar-refractivity contribution in [3.05, 3.63) is 0 Å².